The highest BCUT2D eigenvalue weighted by Gasteiger charge is 2.20. The Kier molecular flexibility index (Phi) is 67.9. The Morgan fingerprint density at radius 2 is 0.595 bits per heavy atom. The van der Waals surface area contributed by atoms with Crippen LogP contribution in [0.15, 0.2) is 12.2 Å². The number of ether oxygens (including phenoxy) is 1. The molecule has 0 aliphatic rings. The van der Waals surface area contributed by atoms with Gasteiger partial charge in [-0.15, -0.1) is 0 Å². The van der Waals surface area contributed by atoms with Gasteiger partial charge in [-0.25, -0.2) is 0 Å². The predicted molar refractivity (Wildman–Crippen MR) is 347 cm³/mol. The van der Waals surface area contributed by atoms with E-state index < -0.39 is 12.1 Å². The molecule has 0 bridgehead atoms. The molecule has 6 heteroatoms. The van der Waals surface area contributed by atoms with Crippen molar-refractivity contribution >= 4 is 11.9 Å². The lowest BCUT2D eigenvalue weighted by Crippen LogP contribution is -2.45. The number of nitrogens with one attached hydrogen (secondary N) is 1. The quantitative estimate of drug-likeness (QED) is 0.0320. The van der Waals surface area contributed by atoms with Gasteiger partial charge in [-0.2, -0.15) is 0 Å². The van der Waals surface area contributed by atoms with E-state index in [1.807, 2.05) is 0 Å². The van der Waals surface area contributed by atoms with Crippen LogP contribution in [0.1, 0.15) is 418 Å². The molecule has 0 saturated heterocycles. The van der Waals surface area contributed by atoms with Gasteiger partial charge >= 0.3 is 5.97 Å². The summed E-state index contributed by atoms with van der Waals surface area (Å²) in [4.78, 5) is 24.6. The molecule has 0 radical (unpaired) electrons. The van der Waals surface area contributed by atoms with Crippen molar-refractivity contribution in [3.05, 3.63) is 12.2 Å². The van der Waals surface area contributed by atoms with E-state index in [2.05, 4.69) is 31.3 Å². The van der Waals surface area contributed by atoms with E-state index in [-0.39, 0.29) is 18.5 Å². The first kappa shape index (κ1) is 77.6. The molecule has 2 unspecified atom stereocenters. The third-order valence-electron chi connectivity index (χ3n) is 17.3. The predicted octanol–water partition coefficient (Wildman–Crippen LogP) is 23.5. The number of amides is 1. The van der Waals surface area contributed by atoms with Crippen LogP contribution in [0, 0.1) is 0 Å². The van der Waals surface area contributed by atoms with Crippen LogP contribution < -0.4 is 5.32 Å². The topological polar surface area (TPSA) is 95.9 Å². The van der Waals surface area contributed by atoms with Crippen LogP contribution in [0.5, 0.6) is 0 Å². The van der Waals surface area contributed by atoms with Crippen molar-refractivity contribution in [1.82, 2.24) is 5.32 Å². The Morgan fingerprint density at radius 3 is 0.899 bits per heavy atom. The number of rotatable bonds is 69. The summed E-state index contributed by atoms with van der Waals surface area (Å²) >= 11 is 0. The minimum absolute atomic E-state index is 0.0176. The van der Waals surface area contributed by atoms with Crippen molar-refractivity contribution < 1.29 is 24.5 Å². The molecule has 2 atom stereocenters. The van der Waals surface area contributed by atoms with Crippen molar-refractivity contribution in [2.75, 3.05) is 13.2 Å². The largest absolute Gasteiger partial charge is 0.466 e. The van der Waals surface area contributed by atoms with Crippen LogP contribution in [0.3, 0.4) is 0 Å². The molecule has 0 aromatic carbocycles. The summed E-state index contributed by atoms with van der Waals surface area (Å²) in [5.41, 5.74) is 0. The van der Waals surface area contributed by atoms with Gasteiger partial charge in [-0.05, 0) is 51.4 Å². The van der Waals surface area contributed by atoms with Crippen molar-refractivity contribution in [2.45, 2.75) is 431 Å². The molecule has 1 amide bonds. The highest BCUT2D eigenvalue weighted by Crippen LogP contribution is 2.19. The molecule has 6 nitrogen and oxygen atoms in total. The zero-order chi connectivity index (χ0) is 57.1. The molecule has 0 fully saturated rings. The summed E-state index contributed by atoms with van der Waals surface area (Å²) in [7, 11) is 0. The first-order chi connectivity index (χ1) is 39.0. The smallest absolute Gasteiger partial charge is 0.305 e. The van der Waals surface area contributed by atoms with E-state index >= 15 is 0 Å². The Balaban J connectivity index is 3.37. The van der Waals surface area contributed by atoms with Crippen LogP contribution in [0.4, 0.5) is 0 Å². The molecule has 0 aliphatic heterocycles. The maximum atomic E-state index is 12.6. The van der Waals surface area contributed by atoms with E-state index in [1.165, 1.54) is 347 Å². The van der Waals surface area contributed by atoms with Crippen molar-refractivity contribution in [2.24, 2.45) is 0 Å². The number of carbonyl (C=O) groups excluding carboxylic acids is 2. The third-order valence-corrected chi connectivity index (χ3v) is 17.3. The van der Waals surface area contributed by atoms with Crippen molar-refractivity contribution in [3.63, 3.8) is 0 Å². The van der Waals surface area contributed by atoms with Gasteiger partial charge in [0.05, 0.1) is 25.4 Å². The lowest BCUT2D eigenvalue weighted by molar-refractivity contribution is -0.143. The van der Waals surface area contributed by atoms with Gasteiger partial charge in [0.15, 0.2) is 0 Å². The highest BCUT2D eigenvalue weighted by atomic mass is 16.5. The SMILES string of the molecule is CCCCCCCCCCCCCCCCCCCCCCCCC(O)C(CO)NC(=O)CCCCCCCCCCCCCC/C=C\CCCCCCCCCCCCCCOC(=O)CCCCCCCCCCCCCC. The number of aliphatic hydroxyl groups is 2. The average molecular weight is 1110 g/mol. The Hall–Kier alpha value is -1.40. The van der Waals surface area contributed by atoms with E-state index in [9.17, 15) is 19.8 Å². The molecule has 0 heterocycles. The van der Waals surface area contributed by atoms with Crippen molar-refractivity contribution in [1.29, 1.82) is 0 Å². The lowest BCUT2D eigenvalue weighted by atomic mass is 10.0. The van der Waals surface area contributed by atoms with Crippen LogP contribution in [-0.2, 0) is 14.3 Å². The molecule has 0 saturated carbocycles. The number of esters is 1. The van der Waals surface area contributed by atoms with Crippen LogP contribution in [-0.4, -0.2) is 47.4 Å². The number of hydrogen-bond acceptors (Lipinski definition) is 5. The average Bonchev–Trinajstić information content (AvgIpc) is 3.45. The fourth-order valence-corrected chi connectivity index (χ4v) is 11.8. The van der Waals surface area contributed by atoms with E-state index in [1.54, 1.807) is 0 Å². The molecule has 79 heavy (non-hydrogen) atoms. The third kappa shape index (κ3) is 65.6. The maximum Gasteiger partial charge on any atom is 0.305 e. The molecule has 0 aromatic rings. The van der Waals surface area contributed by atoms with Crippen LogP contribution in [0.25, 0.3) is 0 Å². The zero-order valence-corrected chi connectivity index (χ0v) is 53.9. The lowest BCUT2D eigenvalue weighted by Gasteiger charge is -2.22. The first-order valence-corrected chi connectivity index (χ1v) is 36.4. The van der Waals surface area contributed by atoms with E-state index in [4.69, 9.17) is 4.74 Å². The van der Waals surface area contributed by atoms with Gasteiger partial charge in [0.25, 0.3) is 0 Å². The Bertz CT molecular complexity index is 1190. The molecule has 470 valence electrons. The van der Waals surface area contributed by atoms with E-state index in [0.29, 0.717) is 25.9 Å². The van der Waals surface area contributed by atoms with Crippen molar-refractivity contribution in [3.8, 4) is 0 Å². The monoisotopic (exact) mass is 1110 g/mol. The second-order valence-corrected chi connectivity index (χ2v) is 25.3. The summed E-state index contributed by atoms with van der Waals surface area (Å²) in [6, 6.07) is -0.542. The summed E-state index contributed by atoms with van der Waals surface area (Å²) < 4.78 is 5.48. The second-order valence-electron chi connectivity index (χ2n) is 25.3. The number of unbranched alkanes of at least 4 members (excludes halogenated alkanes) is 56. The number of carbonyl (C=O) groups is 2. The minimum atomic E-state index is -0.665. The van der Waals surface area contributed by atoms with Gasteiger partial charge in [-0.3, -0.25) is 9.59 Å². The maximum absolute atomic E-state index is 12.6. The summed E-state index contributed by atoms with van der Waals surface area (Å²) in [6.07, 6.45) is 85.6. The highest BCUT2D eigenvalue weighted by molar-refractivity contribution is 5.76. The van der Waals surface area contributed by atoms with Gasteiger partial charge in [0.1, 0.15) is 0 Å². The summed E-state index contributed by atoms with van der Waals surface area (Å²) in [5, 5.41) is 23.4. The van der Waals surface area contributed by atoms with Crippen LogP contribution >= 0.6 is 0 Å². The van der Waals surface area contributed by atoms with E-state index in [0.717, 1.165) is 38.5 Å². The van der Waals surface area contributed by atoms with Gasteiger partial charge in [0, 0.05) is 12.8 Å². The molecular weight excluding hydrogens is 971 g/mol. The molecule has 0 spiro atoms. The Labute approximate surface area is 495 Å². The summed E-state index contributed by atoms with van der Waals surface area (Å²) in [5.74, 6) is -0.0120. The number of hydrogen-bond donors (Lipinski definition) is 3. The normalized spacial score (nSPS) is 12.5. The summed E-state index contributed by atoms with van der Waals surface area (Å²) in [6.45, 7) is 5.00. The van der Waals surface area contributed by atoms with Gasteiger partial charge in [-0.1, -0.05) is 366 Å². The molecule has 0 aromatic heterocycles. The number of allylic oxidation sites excluding steroid dienone is 2. The molecule has 0 rings (SSSR count). The van der Waals surface area contributed by atoms with Crippen LogP contribution in [0.2, 0.25) is 0 Å². The zero-order valence-electron chi connectivity index (χ0n) is 53.9. The number of aliphatic hydroxyl groups excluding tert-OH is 2. The van der Waals surface area contributed by atoms with Gasteiger partial charge in [0.2, 0.25) is 5.91 Å². The molecule has 3 N–H and O–H groups in total. The molecule has 0 aliphatic carbocycles. The first-order valence-electron chi connectivity index (χ1n) is 36.4. The fraction of sp³-hybridized carbons (Fsp3) is 0.945. The van der Waals surface area contributed by atoms with Gasteiger partial charge < -0.3 is 20.3 Å². The fourth-order valence-electron chi connectivity index (χ4n) is 11.8. The Morgan fingerprint density at radius 1 is 0.342 bits per heavy atom. The second kappa shape index (κ2) is 69.1. The standard InChI is InChI=1S/C73H143NO5/c1-3-5-7-9-11-13-15-17-18-19-20-21-30-33-36-39-42-45-49-53-57-61-65-71(76)70(69-75)74-72(77)66-62-58-54-50-46-43-40-37-34-31-28-26-24-22-23-25-27-29-32-35-38-41-44-48-52-56-60-64-68-79-73(78)67-63-59-55-51-47-16-14-12-10-8-6-4-2/h22-23,70-71,75-76H,3-21,24-69H2,1-2H3,(H,74,77)/b23-22-. The minimum Gasteiger partial charge on any atom is -0.466 e. The molecular formula is C73H143NO5.